The third kappa shape index (κ3) is 3.33. The van der Waals surface area contributed by atoms with E-state index in [1.807, 2.05) is 0 Å². The van der Waals surface area contributed by atoms with E-state index in [-0.39, 0.29) is 17.1 Å². The van der Waals surface area contributed by atoms with E-state index in [0.29, 0.717) is 5.56 Å². The van der Waals surface area contributed by atoms with Crippen LogP contribution in [0.25, 0.3) is 0 Å². The Balaban J connectivity index is 3.19. The lowest BCUT2D eigenvalue weighted by atomic mass is 9.95. The molecule has 1 aromatic rings. The number of phenolic OH excluding ortho intramolecular Hbond substituents is 1. The number of hydrogen-bond donors (Lipinski definition) is 2. The number of benzene rings is 1. The van der Waals surface area contributed by atoms with Crippen LogP contribution in [0.15, 0.2) is 18.2 Å². The van der Waals surface area contributed by atoms with Crippen LogP contribution in [0.5, 0.6) is 5.75 Å². The fourth-order valence-electron chi connectivity index (χ4n) is 1.44. The molecule has 1 rings (SSSR count). The van der Waals surface area contributed by atoms with Crippen LogP contribution in [0.4, 0.5) is 0 Å². The lowest BCUT2D eigenvalue weighted by Crippen LogP contribution is -2.18. The number of hydrogen-bond acceptors (Lipinski definition) is 4. The Morgan fingerprint density at radius 2 is 2.00 bits per heavy atom. The fourth-order valence-corrected chi connectivity index (χ4v) is 1.94. The summed E-state index contributed by atoms with van der Waals surface area (Å²) in [4.78, 5) is 20.0. The van der Waals surface area contributed by atoms with Gasteiger partial charge < -0.3 is 5.11 Å². The molecule has 0 radical (unpaired) electrons. The van der Waals surface area contributed by atoms with Gasteiger partial charge in [0.15, 0.2) is 5.78 Å². The summed E-state index contributed by atoms with van der Waals surface area (Å²) in [5.41, 5.74) is -0.314. The van der Waals surface area contributed by atoms with Crippen molar-refractivity contribution in [2.24, 2.45) is 0 Å². The first-order valence-corrected chi connectivity index (χ1v) is 6.07. The van der Waals surface area contributed by atoms with Crippen molar-refractivity contribution in [1.29, 1.82) is 0 Å². The van der Waals surface area contributed by atoms with Crippen molar-refractivity contribution in [2.75, 3.05) is 0 Å². The van der Waals surface area contributed by atoms with E-state index in [2.05, 4.69) is 0 Å². The molecule has 2 N–H and O–H groups in total. The van der Waals surface area contributed by atoms with E-state index in [0.717, 1.165) is 0 Å². The minimum atomic E-state index is -2.74. The molecule has 1 unspecified atom stereocenters. The molecular weight excluding hydrogens is 243 g/mol. The molecule has 0 aromatic heterocycles. The van der Waals surface area contributed by atoms with Crippen molar-refractivity contribution in [2.45, 2.75) is 26.4 Å². The summed E-state index contributed by atoms with van der Waals surface area (Å²) in [5.74, 6) is -0.404. The number of rotatable bonds is 4. The largest absolute Gasteiger partial charge is 0.695 e. The summed E-state index contributed by atoms with van der Waals surface area (Å²) in [7, 11) is -2.74. The van der Waals surface area contributed by atoms with Crippen LogP contribution < -0.4 is 0 Å². The number of ketones is 1. The maximum Gasteiger partial charge on any atom is 0.695 e. The molecule has 6 heteroatoms. The van der Waals surface area contributed by atoms with E-state index < -0.39 is 13.9 Å². The van der Waals surface area contributed by atoms with Crippen LogP contribution in [0.1, 0.15) is 36.7 Å². The normalized spacial score (nSPS) is 12.4. The third-order valence-corrected chi connectivity index (χ3v) is 2.99. The van der Waals surface area contributed by atoms with Crippen molar-refractivity contribution >= 4 is 14.0 Å². The van der Waals surface area contributed by atoms with Crippen molar-refractivity contribution in [3.8, 4) is 5.75 Å². The van der Waals surface area contributed by atoms with Gasteiger partial charge in [0.25, 0.3) is 0 Å². The van der Waals surface area contributed by atoms with Crippen LogP contribution in [-0.4, -0.2) is 15.8 Å². The lowest BCUT2D eigenvalue weighted by molar-refractivity contribution is 0.100. The number of Topliss-reactive ketones (excluding diaryl/α,β-unsaturated/α-hetero) is 1. The van der Waals surface area contributed by atoms with Gasteiger partial charge >= 0.3 is 8.25 Å². The summed E-state index contributed by atoms with van der Waals surface area (Å²) >= 11 is 0. The molecule has 0 aliphatic heterocycles. The molecule has 0 amide bonds. The van der Waals surface area contributed by atoms with Crippen molar-refractivity contribution in [3.05, 3.63) is 29.3 Å². The van der Waals surface area contributed by atoms with E-state index in [1.165, 1.54) is 19.1 Å². The van der Waals surface area contributed by atoms with Gasteiger partial charge in [0.1, 0.15) is 11.4 Å². The molecule has 0 spiro atoms. The van der Waals surface area contributed by atoms with E-state index >= 15 is 0 Å². The minimum absolute atomic E-state index is 0.120. The average Bonchev–Trinajstić information content (AvgIpc) is 2.15. The maximum atomic E-state index is 11.3. The number of phenols is 1. The highest BCUT2D eigenvalue weighted by Crippen LogP contribution is 2.35. The molecule has 0 bridgehead atoms. The molecule has 17 heavy (non-hydrogen) atoms. The molecule has 0 aliphatic carbocycles. The van der Waals surface area contributed by atoms with Gasteiger partial charge in [-0.25, -0.2) is 0 Å². The van der Waals surface area contributed by atoms with Gasteiger partial charge in [-0.1, -0.05) is 6.07 Å². The van der Waals surface area contributed by atoms with Gasteiger partial charge in [-0.3, -0.25) is 4.79 Å². The standard InChI is InChI=1S/C11H13O5P/c1-7(12)9-6-8(4-5-10(9)13)11(2,3)16-17(14)15/h4-6H,1-3H3,(H-,12,13,14,15)/p+1. The van der Waals surface area contributed by atoms with Gasteiger partial charge in [0, 0.05) is 4.57 Å². The highest BCUT2D eigenvalue weighted by molar-refractivity contribution is 7.32. The molecule has 0 fully saturated rings. The number of carbonyl (C=O) groups is 1. The zero-order valence-electron chi connectivity index (χ0n) is 9.80. The highest BCUT2D eigenvalue weighted by atomic mass is 31.1. The predicted octanol–water partition coefficient (Wildman–Crippen LogP) is 2.50. The quantitative estimate of drug-likeness (QED) is 0.639. The van der Waals surface area contributed by atoms with E-state index in [1.54, 1.807) is 19.9 Å². The van der Waals surface area contributed by atoms with Crippen LogP contribution in [0.2, 0.25) is 0 Å². The molecule has 1 atom stereocenters. The third-order valence-electron chi connectivity index (χ3n) is 2.38. The Bertz CT molecular complexity index is 467. The summed E-state index contributed by atoms with van der Waals surface area (Å²) in [5, 5.41) is 9.48. The molecule has 92 valence electrons. The van der Waals surface area contributed by atoms with Crippen molar-refractivity contribution < 1.29 is 23.9 Å². The minimum Gasteiger partial charge on any atom is -0.507 e. The zero-order valence-corrected chi connectivity index (χ0v) is 10.7. The van der Waals surface area contributed by atoms with Gasteiger partial charge in [-0.05, 0) is 38.5 Å². The number of carbonyl (C=O) groups excluding carboxylic acids is 1. The average molecular weight is 257 g/mol. The topological polar surface area (TPSA) is 83.8 Å². The van der Waals surface area contributed by atoms with E-state index in [9.17, 15) is 14.5 Å². The van der Waals surface area contributed by atoms with Gasteiger partial charge in [0.05, 0.1) is 5.56 Å². The molecule has 0 heterocycles. The summed E-state index contributed by atoms with van der Waals surface area (Å²) in [6.07, 6.45) is 0. The SMILES string of the molecule is CC(=O)c1cc(C(C)(C)O[P+](=O)O)ccc1O. The lowest BCUT2D eigenvalue weighted by Gasteiger charge is -2.18. The van der Waals surface area contributed by atoms with Gasteiger partial charge in [-0.15, -0.1) is 9.42 Å². The summed E-state index contributed by atoms with van der Waals surface area (Å²) < 4.78 is 15.6. The predicted molar refractivity (Wildman–Crippen MR) is 62.0 cm³/mol. The summed E-state index contributed by atoms with van der Waals surface area (Å²) in [6, 6.07) is 4.36. The van der Waals surface area contributed by atoms with E-state index in [4.69, 9.17) is 9.42 Å². The second-order valence-corrected chi connectivity index (χ2v) is 4.79. The Hall–Kier alpha value is -1.29. The van der Waals surface area contributed by atoms with Crippen LogP contribution in [-0.2, 0) is 14.7 Å². The second kappa shape index (κ2) is 4.92. The van der Waals surface area contributed by atoms with Crippen molar-refractivity contribution in [3.63, 3.8) is 0 Å². The smallest absolute Gasteiger partial charge is 0.507 e. The van der Waals surface area contributed by atoms with Gasteiger partial charge in [0.2, 0.25) is 0 Å². The first-order chi connectivity index (χ1) is 7.74. The molecular formula is C11H14O5P+. The Labute approximate surface area is 100.0 Å². The molecule has 0 saturated heterocycles. The molecule has 1 aromatic carbocycles. The monoisotopic (exact) mass is 257 g/mol. The Kier molecular flexibility index (Phi) is 3.98. The molecule has 0 saturated carbocycles. The van der Waals surface area contributed by atoms with Crippen LogP contribution >= 0.6 is 8.25 Å². The van der Waals surface area contributed by atoms with Crippen molar-refractivity contribution in [1.82, 2.24) is 0 Å². The molecule has 0 aliphatic rings. The van der Waals surface area contributed by atoms with Crippen LogP contribution in [0.3, 0.4) is 0 Å². The highest BCUT2D eigenvalue weighted by Gasteiger charge is 2.33. The first-order valence-electron chi connectivity index (χ1n) is 4.94. The second-order valence-electron chi connectivity index (χ2n) is 4.13. The zero-order chi connectivity index (χ0) is 13.2. The Morgan fingerprint density at radius 1 is 1.41 bits per heavy atom. The first kappa shape index (κ1) is 13.8. The van der Waals surface area contributed by atoms with Crippen LogP contribution in [0, 0.1) is 0 Å². The molecule has 5 nitrogen and oxygen atoms in total. The fraction of sp³-hybridized carbons (Fsp3) is 0.364. The number of aromatic hydroxyl groups is 1. The Morgan fingerprint density at radius 3 is 2.47 bits per heavy atom. The maximum absolute atomic E-state index is 11.3. The van der Waals surface area contributed by atoms with Gasteiger partial charge in [-0.2, -0.15) is 0 Å². The summed E-state index contributed by atoms with van der Waals surface area (Å²) in [6.45, 7) is 4.54.